The third kappa shape index (κ3) is 3.19. The summed E-state index contributed by atoms with van der Waals surface area (Å²) in [5.41, 5.74) is 0.444. The minimum Gasteiger partial charge on any atom is -0.372 e. The van der Waals surface area contributed by atoms with Gasteiger partial charge in [-0.05, 0) is 45.1 Å². The highest BCUT2D eigenvalue weighted by Gasteiger charge is 2.38. The lowest BCUT2D eigenvalue weighted by Crippen LogP contribution is -2.43. The lowest BCUT2D eigenvalue weighted by Gasteiger charge is -2.38. The van der Waals surface area contributed by atoms with Gasteiger partial charge in [-0.25, -0.2) is 4.98 Å². The van der Waals surface area contributed by atoms with Crippen LogP contribution in [0, 0.1) is 5.41 Å². The maximum absolute atomic E-state index is 12.6. The first-order valence-corrected chi connectivity index (χ1v) is 9.02. The second-order valence-corrected chi connectivity index (χ2v) is 7.44. The Kier molecular flexibility index (Phi) is 4.80. The van der Waals surface area contributed by atoms with Gasteiger partial charge in [0.25, 0.3) is 5.91 Å². The van der Waals surface area contributed by atoms with Crippen molar-refractivity contribution in [3.63, 3.8) is 0 Å². The summed E-state index contributed by atoms with van der Waals surface area (Å²) >= 11 is 1.47. The van der Waals surface area contributed by atoms with E-state index < -0.39 is 0 Å². The summed E-state index contributed by atoms with van der Waals surface area (Å²) in [4.78, 5) is 19.7. The van der Waals surface area contributed by atoms with Crippen LogP contribution in [-0.4, -0.2) is 48.6 Å². The van der Waals surface area contributed by atoms with E-state index in [2.05, 4.69) is 10.3 Å². The summed E-state index contributed by atoms with van der Waals surface area (Å²) in [6.45, 7) is 8.59. The Labute approximate surface area is 136 Å². The van der Waals surface area contributed by atoms with Crippen LogP contribution in [0.5, 0.6) is 0 Å². The molecule has 1 unspecified atom stereocenters. The van der Waals surface area contributed by atoms with Crippen molar-refractivity contribution in [1.82, 2.24) is 15.2 Å². The molecule has 1 atom stereocenters. The van der Waals surface area contributed by atoms with Gasteiger partial charge < -0.3 is 15.0 Å². The van der Waals surface area contributed by atoms with Crippen LogP contribution in [0.1, 0.15) is 53.9 Å². The number of thiazole rings is 1. The Balaban J connectivity index is 1.60. The van der Waals surface area contributed by atoms with Crippen LogP contribution in [0.4, 0.5) is 0 Å². The molecule has 2 saturated heterocycles. The minimum atomic E-state index is -0.0364. The first-order valence-electron chi connectivity index (χ1n) is 8.21. The fraction of sp³-hybridized carbons (Fsp3) is 0.750. The van der Waals surface area contributed by atoms with Crippen molar-refractivity contribution < 1.29 is 9.53 Å². The standard InChI is InChI=1S/C16H25N3O2S/c1-3-21-12(2)14-18-10-13(22-14)15(20)19-8-5-16(6-9-19)4-7-17-11-16/h10,12,17H,3-9,11H2,1-2H3. The van der Waals surface area contributed by atoms with Crippen LogP contribution in [0.25, 0.3) is 0 Å². The molecular weight excluding hydrogens is 298 g/mol. The van der Waals surface area contributed by atoms with Gasteiger partial charge in [-0.1, -0.05) is 0 Å². The molecule has 122 valence electrons. The topological polar surface area (TPSA) is 54.5 Å². The number of hydrogen-bond donors (Lipinski definition) is 1. The summed E-state index contributed by atoms with van der Waals surface area (Å²) in [7, 11) is 0. The summed E-state index contributed by atoms with van der Waals surface area (Å²) in [5, 5.41) is 4.35. The van der Waals surface area contributed by atoms with Crippen LogP contribution in [0.2, 0.25) is 0 Å². The molecule has 3 heterocycles. The Hall–Kier alpha value is -0.980. The number of nitrogens with zero attached hydrogens (tertiary/aromatic N) is 2. The normalized spacial score (nSPS) is 22.2. The van der Waals surface area contributed by atoms with Crippen molar-refractivity contribution in [3.8, 4) is 0 Å². The van der Waals surface area contributed by atoms with E-state index in [0.29, 0.717) is 12.0 Å². The molecule has 5 nitrogen and oxygen atoms in total. The van der Waals surface area contributed by atoms with E-state index in [1.807, 2.05) is 18.7 Å². The van der Waals surface area contributed by atoms with Crippen LogP contribution in [0.3, 0.4) is 0 Å². The van der Waals surface area contributed by atoms with E-state index in [0.717, 1.165) is 48.9 Å². The second-order valence-electron chi connectivity index (χ2n) is 6.38. The number of amides is 1. The molecule has 1 amide bonds. The van der Waals surface area contributed by atoms with E-state index in [1.54, 1.807) is 6.20 Å². The van der Waals surface area contributed by atoms with Gasteiger partial charge in [-0.3, -0.25) is 4.79 Å². The zero-order chi connectivity index (χ0) is 15.6. The maximum Gasteiger partial charge on any atom is 0.265 e. The largest absolute Gasteiger partial charge is 0.372 e. The molecule has 0 aromatic carbocycles. The number of rotatable bonds is 4. The monoisotopic (exact) mass is 323 g/mol. The Morgan fingerprint density at radius 2 is 2.27 bits per heavy atom. The maximum atomic E-state index is 12.6. The Morgan fingerprint density at radius 3 is 2.91 bits per heavy atom. The van der Waals surface area contributed by atoms with Gasteiger partial charge in [0.1, 0.15) is 16.0 Å². The van der Waals surface area contributed by atoms with Crippen molar-refractivity contribution in [1.29, 1.82) is 0 Å². The van der Waals surface area contributed by atoms with Gasteiger partial charge in [-0.2, -0.15) is 0 Å². The highest BCUT2D eigenvalue weighted by Crippen LogP contribution is 2.37. The van der Waals surface area contributed by atoms with Crippen molar-refractivity contribution in [2.45, 2.75) is 39.2 Å². The highest BCUT2D eigenvalue weighted by molar-refractivity contribution is 7.13. The van der Waals surface area contributed by atoms with Crippen molar-refractivity contribution in [2.75, 3.05) is 32.8 Å². The quantitative estimate of drug-likeness (QED) is 0.925. The Bertz CT molecular complexity index is 515. The van der Waals surface area contributed by atoms with Gasteiger partial charge in [0.05, 0.1) is 6.20 Å². The number of likely N-dealkylation sites (tertiary alicyclic amines) is 1. The zero-order valence-corrected chi connectivity index (χ0v) is 14.2. The van der Waals surface area contributed by atoms with E-state index >= 15 is 0 Å². The second kappa shape index (κ2) is 6.64. The van der Waals surface area contributed by atoms with Gasteiger partial charge in [0.15, 0.2) is 0 Å². The molecule has 2 aliphatic heterocycles. The third-order valence-corrected chi connectivity index (χ3v) is 6.09. The van der Waals surface area contributed by atoms with Crippen LogP contribution >= 0.6 is 11.3 Å². The van der Waals surface area contributed by atoms with E-state index in [1.165, 1.54) is 17.8 Å². The minimum absolute atomic E-state index is 0.0364. The lowest BCUT2D eigenvalue weighted by atomic mass is 9.78. The van der Waals surface area contributed by atoms with E-state index in [9.17, 15) is 4.79 Å². The number of piperidine rings is 1. The molecule has 6 heteroatoms. The molecule has 2 aliphatic rings. The molecule has 3 rings (SSSR count). The molecule has 1 aromatic heterocycles. The summed E-state index contributed by atoms with van der Waals surface area (Å²) in [5.74, 6) is 0.133. The highest BCUT2D eigenvalue weighted by atomic mass is 32.1. The predicted octanol–water partition coefficient (Wildman–Crippen LogP) is 2.46. The molecule has 0 saturated carbocycles. The van der Waals surface area contributed by atoms with Crippen LogP contribution < -0.4 is 5.32 Å². The van der Waals surface area contributed by atoms with Crippen LogP contribution in [0.15, 0.2) is 6.20 Å². The molecule has 1 N–H and O–H groups in total. The third-order valence-electron chi connectivity index (χ3n) is 4.94. The fourth-order valence-corrected chi connectivity index (χ4v) is 4.34. The molecule has 1 spiro atoms. The fourth-order valence-electron chi connectivity index (χ4n) is 3.46. The summed E-state index contributed by atoms with van der Waals surface area (Å²) < 4.78 is 5.55. The lowest BCUT2D eigenvalue weighted by molar-refractivity contribution is 0.0612. The SMILES string of the molecule is CCOC(C)c1ncc(C(=O)N2CCC3(CCNC3)CC2)s1. The predicted molar refractivity (Wildman–Crippen MR) is 87.2 cm³/mol. The molecular formula is C16H25N3O2S. The molecule has 0 radical (unpaired) electrons. The Morgan fingerprint density at radius 1 is 1.50 bits per heavy atom. The van der Waals surface area contributed by atoms with E-state index in [-0.39, 0.29) is 12.0 Å². The van der Waals surface area contributed by atoms with Gasteiger partial charge in [0.2, 0.25) is 0 Å². The average molecular weight is 323 g/mol. The summed E-state index contributed by atoms with van der Waals surface area (Å²) in [6, 6.07) is 0. The van der Waals surface area contributed by atoms with Gasteiger partial charge in [-0.15, -0.1) is 11.3 Å². The van der Waals surface area contributed by atoms with E-state index in [4.69, 9.17) is 4.74 Å². The number of nitrogens with one attached hydrogen (secondary N) is 1. The number of ether oxygens (including phenoxy) is 1. The molecule has 1 aromatic rings. The van der Waals surface area contributed by atoms with Crippen molar-refractivity contribution in [2.24, 2.45) is 5.41 Å². The van der Waals surface area contributed by atoms with Crippen molar-refractivity contribution >= 4 is 17.2 Å². The number of carbonyl (C=O) groups is 1. The first kappa shape index (κ1) is 15.9. The molecule has 22 heavy (non-hydrogen) atoms. The zero-order valence-electron chi connectivity index (χ0n) is 13.4. The number of aromatic nitrogens is 1. The smallest absolute Gasteiger partial charge is 0.265 e. The average Bonchev–Trinajstić information content (AvgIpc) is 3.18. The molecule has 2 fully saturated rings. The van der Waals surface area contributed by atoms with Gasteiger partial charge >= 0.3 is 0 Å². The van der Waals surface area contributed by atoms with Gasteiger partial charge in [0, 0.05) is 26.2 Å². The summed E-state index contributed by atoms with van der Waals surface area (Å²) in [6.07, 6.45) is 5.16. The molecule has 0 aliphatic carbocycles. The van der Waals surface area contributed by atoms with Crippen molar-refractivity contribution in [3.05, 3.63) is 16.1 Å². The number of hydrogen-bond acceptors (Lipinski definition) is 5. The number of carbonyl (C=O) groups excluding carboxylic acids is 1. The first-order chi connectivity index (χ1) is 10.6. The van der Waals surface area contributed by atoms with Crippen LogP contribution in [-0.2, 0) is 4.74 Å². The molecule has 0 bridgehead atoms.